The molecule has 0 spiro atoms. The van der Waals surface area contributed by atoms with Crippen LogP contribution in [0.2, 0.25) is 58.9 Å². The smallest absolute Gasteiger partial charge is 0.292 e. The van der Waals surface area contributed by atoms with Crippen LogP contribution < -0.4 is 0 Å². The normalized spacial score (nSPS) is 23.1. The zero-order valence-electron chi connectivity index (χ0n) is 28.2. The lowest BCUT2D eigenvalue weighted by Gasteiger charge is -2.35. The maximum absolute atomic E-state index is 12.1. The van der Waals surface area contributed by atoms with Gasteiger partial charge in [-0.2, -0.15) is 0 Å². The standard InChI is InChI=1S/C31H63NO5Si3/c1-13-14-19-23-31(2,37-40(10,11)12)24-22-27-26(28(32-34-3)25-29(27)35-38(4,5)6)20-17-15-16-18-21-30(33)36-39(7,8)9/h22,24,26-27,29H,13-21,23,25H2,1-12H3/b24-22+,32-28+/t26-,27-,29-,31+/m1/s1. The molecule has 0 aromatic heterocycles. The van der Waals surface area contributed by atoms with Crippen LogP contribution in [0.15, 0.2) is 17.3 Å². The summed E-state index contributed by atoms with van der Waals surface area (Å²) in [5.74, 6) is 0.507. The van der Waals surface area contributed by atoms with Crippen molar-refractivity contribution in [3.05, 3.63) is 12.2 Å². The molecule has 4 atom stereocenters. The highest BCUT2D eigenvalue weighted by Gasteiger charge is 2.42. The van der Waals surface area contributed by atoms with Crippen molar-refractivity contribution in [1.29, 1.82) is 0 Å². The van der Waals surface area contributed by atoms with Crippen molar-refractivity contribution in [3.8, 4) is 0 Å². The van der Waals surface area contributed by atoms with Gasteiger partial charge >= 0.3 is 0 Å². The molecule has 0 aliphatic heterocycles. The molecule has 9 heteroatoms. The van der Waals surface area contributed by atoms with Crippen molar-refractivity contribution < 1.29 is 22.9 Å². The highest BCUT2D eigenvalue weighted by molar-refractivity contribution is 6.71. The van der Waals surface area contributed by atoms with Gasteiger partial charge in [-0.15, -0.1) is 0 Å². The van der Waals surface area contributed by atoms with Crippen LogP contribution in [0.1, 0.15) is 84.5 Å². The van der Waals surface area contributed by atoms with E-state index >= 15 is 0 Å². The van der Waals surface area contributed by atoms with Crippen LogP contribution in [0.25, 0.3) is 0 Å². The van der Waals surface area contributed by atoms with Crippen LogP contribution in [-0.2, 0) is 22.9 Å². The Balaban J connectivity index is 3.04. The largest absolute Gasteiger partial charge is 0.520 e. The van der Waals surface area contributed by atoms with Crippen LogP contribution in [0.4, 0.5) is 0 Å². The molecule has 1 fully saturated rings. The number of nitrogens with zero attached hydrogens (tertiary/aromatic N) is 1. The van der Waals surface area contributed by atoms with E-state index in [0.29, 0.717) is 12.3 Å². The summed E-state index contributed by atoms with van der Waals surface area (Å²) in [7, 11) is -3.65. The molecule has 6 nitrogen and oxygen atoms in total. The summed E-state index contributed by atoms with van der Waals surface area (Å²) in [6.45, 7) is 24.3. The summed E-state index contributed by atoms with van der Waals surface area (Å²) < 4.78 is 19.1. The van der Waals surface area contributed by atoms with Crippen molar-refractivity contribution in [3.63, 3.8) is 0 Å². The van der Waals surface area contributed by atoms with Crippen molar-refractivity contribution in [2.75, 3.05) is 7.11 Å². The molecule has 0 aromatic carbocycles. The predicted octanol–water partition coefficient (Wildman–Crippen LogP) is 9.31. The molecular weight excluding hydrogens is 551 g/mol. The molecule has 1 aliphatic carbocycles. The zero-order chi connectivity index (χ0) is 30.6. The Morgan fingerprint density at radius 3 is 2.12 bits per heavy atom. The van der Waals surface area contributed by atoms with E-state index in [-0.39, 0.29) is 23.6 Å². The predicted molar refractivity (Wildman–Crippen MR) is 178 cm³/mol. The van der Waals surface area contributed by atoms with Crippen molar-refractivity contribution in [2.24, 2.45) is 17.0 Å². The highest BCUT2D eigenvalue weighted by Crippen LogP contribution is 2.39. The highest BCUT2D eigenvalue weighted by atomic mass is 28.4. The molecule has 0 saturated heterocycles. The average molecular weight is 614 g/mol. The van der Waals surface area contributed by atoms with Crippen LogP contribution in [0.5, 0.6) is 0 Å². The maximum atomic E-state index is 12.1. The lowest BCUT2D eigenvalue weighted by molar-refractivity contribution is -0.135. The minimum Gasteiger partial charge on any atom is -0.520 e. The Morgan fingerprint density at radius 2 is 1.57 bits per heavy atom. The quantitative estimate of drug-likeness (QED) is 0.0628. The second-order valence-electron chi connectivity index (χ2n) is 14.8. The topological polar surface area (TPSA) is 66.4 Å². The Hall–Kier alpha value is -0.749. The van der Waals surface area contributed by atoms with E-state index in [1.807, 2.05) is 0 Å². The molecule has 0 radical (unpaired) electrons. The van der Waals surface area contributed by atoms with E-state index < -0.39 is 25.0 Å². The number of carbonyl (C=O) groups excluding carboxylic acids is 1. The monoisotopic (exact) mass is 613 g/mol. The van der Waals surface area contributed by atoms with Crippen molar-refractivity contribution in [2.45, 2.75) is 155 Å². The number of rotatable bonds is 19. The van der Waals surface area contributed by atoms with Gasteiger partial charge < -0.3 is 18.1 Å². The van der Waals surface area contributed by atoms with Crippen LogP contribution in [0, 0.1) is 11.8 Å². The second-order valence-corrected chi connectivity index (χ2v) is 28.1. The van der Waals surface area contributed by atoms with Gasteiger partial charge in [0.15, 0.2) is 16.6 Å². The molecule has 0 bridgehead atoms. The zero-order valence-corrected chi connectivity index (χ0v) is 31.2. The van der Waals surface area contributed by atoms with Gasteiger partial charge in [-0.3, -0.25) is 4.79 Å². The van der Waals surface area contributed by atoms with Gasteiger partial charge in [0.1, 0.15) is 7.11 Å². The SMILES string of the molecule is CCCCC[C@@](C)(/C=C/[C@H]1[C@H](O[Si](C)(C)C)C/C(=N\OC)[C@@H]1CCCCCCC(=O)O[Si](C)(C)C)O[Si](C)(C)C. The van der Waals surface area contributed by atoms with E-state index in [9.17, 15) is 4.79 Å². The Kier molecular flexibility index (Phi) is 15.6. The van der Waals surface area contributed by atoms with Gasteiger partial charge in [-0.05, 0) is 85.1 Å². The van der Waals surface area contributed by atoms with E-state index in [0.717, 1.165) is 50.7 Å². The first-order valence-electron chi connectivity index (χ1n) is 15.8. The summed E-state index contributed by atoms with van der Waals surface area (Å²) >= 11 is 0. The lowest BCUT2D eigenvalue weighted by atomic mass is 9.86. The van der Waals surface area contributed by atoms with E-state index in [4.69, 9.17) is 18.1 Å². The first-order valence-corrected chi connectivity index (χ1v) is 26.0. The molecule has 234 valence electrons. The number of oxime groups is 1. The molecule has 0 N–H and O–H groups in total. The number of carbonyl (C=O) groups is 1. The van der Waals surface area contributed by atoms with E-state index in [2.05, 4.69) is 90.1 Å². The maximum Gasteiger partial charge on any atom is 0.292 e. The molecule has 1 aliphatic rings. The van der Waals surface area contributed by atoms with Crippen LogP contribution >= 0.6 is 0 Å². The minimum atomic E-state index is -1.80. The summed E-state index contributed by atoms with van der Waals surface area (Å²) in [5, 5.41) is 4.51. The molecule has 0 aromatic rings. The van der Waals surface area contributed by atoms with Gasteiger partial charge in [0.05, 0.1) is 17.4 Å². The van der Waals surface area contributed by atoms with Crippen LogP contribution in [-0.4, -0.2) is 55.4 Å². The lowest BCUT2D eigenvalue weighted by Crippen LogP contribution is -2.40. The summed E-state index contributed by atoms with van der Waals surface area (Å²) in [6.07, 6.45) is 16.0. The minimum absolute atomic E-state index is 0.0384. The third-order valence-corrected chi connectivity index (χ3v) is 9.93. The molecular formula is C31H63NO5Si3. The van der Waals surface area contributed by atoms with E-state index in [1.165, 1.54) is 19.3 Å². The Labute approximate surface area is 250 Å². The van der Waals surface area contributed by atoms with Gasteiger partial charge in [0, 0.05) is 24.7 Å². The fourth-order valence-electron chi connectivity index (χ4n) is 5.68. The first-order chi connectivity index (χ1) is 18.4. The fourth-order valence-corrected chi connectivity index (χ4v) is 9.18. The molecule has 1 rings (SSSR count). The summed E-state index contributed by atoms with van der Waals surface area (Å²) in [5.41, 5.74) is 0.859. The number of unbranched alkanes of at least 4 members (excludes halogenated alkanes) is 5. The fraction of sp³-hybridized carbons (Fsp3) is 0.871. The number of hydrogen-bond acceptors (Lipinski definition) is 6. The van der Waals surface area contributed by atoms with E-state index in [1.54, 1.807) is 7.11 Å². The summed E-state index contributed by atoms with van der Waals surface area (Å²) in [4.78, 5) is 17.4. The molecule has 0 heterocycles. The molecule has 0 amide bonds. The summed E-state index contributed by atoms with van der Waals surface area (Å²) in [6, 6.07) is 0. The van der Waals surface area contributed by atoms with Crippen molar-refractivity contribution >= 4 is 36.6 Å². The van der Waals surface area contributed by atoms with Gasteiger partial charge in [-0.25, -0.2) is 0 Å². The molecule has 0 unspecified atom stereocenters. The van der Waals surface area contributed by atoms with Gasteiger partial charge in [0.2, 0.25) is 8.32 Å². The Morgan fingerprint density at radius 1 is 0.925 bits per heavy atom. The number of hydrogen-bond donors (Lipinski definition) is 0. The third kappa shape index (κ3) is 16.0. The molecule has 40 heavy (non-hydrogen) atoms. The average Bonchev–Trinajstić information content (AvgIpc) is 3.07. The van der Waals surface area contributed by atoms with Gasteiger partial charge in [0.25, 0.3) is 5.97 Å². The second kappa shape index (κ2) is 16.8. The third-order valence-electron chi connectivity index (χ3n) is 7.00. The van der Waals surface area contributed by atoms with Gasteiger partial charge in [-0.1, -0.05) is 62.8 Å². The molecule has 1 saturated carbocycles. The van der Waals surface area contributed by atoms with Crippen LogP contribution in [0.3, 0.4) is 0 Å². The Bertz CT molecular complexity index is 813. The van der Waals surface area contributed by atoms with Crippen molar-refractivity contribution in [1.82, 2.24) is 0 Å². The first kappa shape index (κ1) is 37.3.